The summed E-state index contributed by atoms with van der Waals surface area (Å²) in [5.41, 5.74) is 7.91. The molecule has 2 aliphatic rings. The van der Waals surface area contributed by atoms with Gasteiger partial charge in [-0.05, 0) is 23.9 Å². The van der Waals surface area contributed by atoms with Gasteiger partial charge in [0.2, 0.25) is 0 Å². The van der Waals surface area contributed by atoms with Crippen LogP contribution in [0, 0.1) is 11.7 Å². The Morgan fingerprint density at radius 2 is 2.13 bits per heavy atom. The summed E-state index contributed by atoms with van der Waals surface area (Å²) in [4.78, 5) is 14.5. The number of rotatable bonds is 2. The Balaban J connectivity index is 1.56. The first-order chi connectivity index (χ1) is 11.2. The van der Waals surface area contributed by atoms with E-state index in [1.54, 1.807) is 6.07 Å². The van der Waals surface area contributed by atoms with Gasteiger partial charge in [-0.1, -0.05) is 18.2 Å². The van der Waals surface area contributed by atoms with Gasteiger partial charge < -0.3 is 4.90 Å². The number of nitrogens with zero attached hydrogens (tertiary/aromatic N) is 1. The van der Waals surface area contributed by atoms with Gasteiger partial charge in [0, 0.05) is 36.0 Å². The average Bonchev–Trinajstić information content (AvgIpc) is 3.24. The molecular formula is C17H18FN3OS. The molecule has 2 N–H and O–H groups in total. The number of hydrogen-bond donors (Lipinski definition) is 2. The minimum atomic E-state index is -0.200. The van der Waals surface area contributed by atoms with Crippen molar-refractivity contribution in [2.75, 3.05) is 13.1 Å². The zero-order valence-corrected chi connectivity index (χ0v) is 13.4. The van der Waals surface area contributed by atoms with Crippen LogP contribution in [0.5, 0.6) is 0 Å². The zero-order valence-electron chi connectivity index (χ0n) is 12.5. The van der Waals surface area contributed by atoms with Crippen molar-refractivity contribution in [1.29, 1.82) is 0 Å². The van der Waals surface area contributed by atoms with Crippen LogP contribution in [-0.2, 0) is 0 Å². The maximum atomic E-state index is 14.1. The lowest BCUT2D eigenvalue weighted by Gasteiger charge is -2.36. The number of carbonyl (C=O) groups excluding carboxylic acids is 1. The van der Waals surface area contributed by atoms with Crippen LogP contribution in [0.4, 0.5) is 4.39 Å². The van der Waals surface area contributed by atoms with Gasteiger partial charge >= 0.3 is 0 Å². The molecule has 3 unspecified atom stereocenters. The number of thiophene rings is 1. The normalized spacial score (nSPS) is 27.0. The quantitative estimate of drug-likeness (QED) is 0.889. The van der Waals surface area contributed by atoms with Crippen LogP contribution >= 0.6 is 11.3 Å². The second-order valence-corrected chi connectivity index (χ2v) is 6.89. The molecule has 1 aromatic carbocycles. The van der Waals surface area contributed by atoms with Crippen molar-refractivity contribution in [2.24, 2.45) is 5.92 Å². The fraction of sp³-hybridized carbons (Fsp3) is 0.353. The summed E-state index contributed by atoms with van der Waals surface area (Å²) < 4.78 is 14.1. The largest absolute Gasteiger partial charge is 0.338 e. The second-order valence-electron chi connectivity index (χ2n) is 6.11. The first-order valence-electron chi connectivity index (χ1n) is 7.81. The Kier molecular flexibility index (Phi) is 3.88. The van der Waals surface area contributed by atoms with Gasteiger partial charge in [-0.2, -0.15) is 11.3 Å². The molecule has 6 heteroatoms. The molecular weight excluding hydrogens is 313 g/mol. The lowest BCUT2D eigenvalue weighted by Crippen LogP contribution is -2.47. The standard InChI is InChI=1S/C17H18FN3OS/c18-14-4-2-1-3-12(14)16-13-9-21(7-5-15(13)19-20-16)17(22)11-6-8-23-10-11/h1-4,6,8,10,13,15-16,19-20H,5,7,9H2. The maximum absolute atomic E-state index is 14.1. The fourth-order valence-corrected chi connectivity index (χ4v) is 4.22. The molecule has 0 bridgehead atoms. The van der Waals surface area contributed by atoms with Crippen LogP contribution < -0.4 is 10.9 Å². The number of hydrazine groups is 1. The summed E-state index contributed by atoms with van der Waals surface area (Å²) in [6.45, 7) is 1.37. The highest BCUT2D eigenvalue weighted by atomic mass is 32.1. The molecule has 1 aromatic heterocycles. The minimum absolute atomic E-state index is 0.0730. The van der Waals surface area contributed by atoms with Gasteiger partial charge in [0.05, 0.1) is 11.6 Å². The number of fused-ring (bicyclic) bond motifs is 1. The number of nitrogens with one attached hydrogen (secondary N) is 2. The smallest absolute Gasteiger partial charge is 0.254 e. The molecule has 120 valence electrons. The van der Waals surface area contributed by atoms with E-state index >= 15 is 0 Å². The Hall–Kier alpha value is -1.76. The number of carbonyl (C=O) groups is 1. The summed E-state index contributed by atoms with van der Waals surface area (Å²) in [6.07, 6.45) is 0.874. The fourth-order valence-electron chi connectivity index (χ4n) is 3.59. The zero-order chi connectivity index (χ0) is 15.8. The predicted molar refractivity (Wildman–Crippen MR) is 87.5 cm³/mol. The molecule has 2 saturated heterocycles. The van der Waals surface area contributed by atoms with Crippen molar-refractivity contribution in [2.45, 2.75) is 18.5 Å². The summed E-state index contributed by atoms with van der Waals surface area (Å²) in [5, 5.41) is 3.80. The van der Waals surface area contributed by atoms with Crippen LogP contribution in [0.2, 0.25) is 0 Å². The van der Waals surface area contributed by atoms with Gasteiger partial charge in [0.1, 0.15) is 5.82 Å². The summed E-state index contributed by atoms with van der Waals surface area (Å²) in [6, 6.07) is 8.87. The van der Waals surface area contributed by atoms with Crippen molar-refractivity contribution in [3.05, 3.63) is 58.0 Å². The Bertz CT molecular complexity index is 706. The molecule has 1 amide bonds. The molecule has 4 nitrogen and oxygen atoms in total. The van der Waals surface area contributed by atoms with Crippen molar-refractivity contribution in [1.82, 2.24) is 15.8 Å². The molecule has 4 rings (SSSR count). The van der Waals surface area contributed by atoms with Gasteiger partial charge in [0.25, 0.3) is 5.91 Å². The monoisotopic (exact) mass is 331 g/mol. The van der Waals surface area contributed by atoms with Crippen molar-refractivity contribution < 1.29 is 9.18 Å². The first-order valence-corrected chi connectivity index (χ1v) is 8.75. The Labute approximate surface area is 138 Å². The molecule has 2 aromatic rings. The number of halogens is 1. The highest BCUT2D eigenvalue weighted by Crippen LogP contribution is 2.35. The van der Waals surface area contributed by atoms with Crippen LogP contribution in [0.15, 0.2) is 41.1 Å². The Morgan fingerprint density at radius 1 is 1.26 bits per heavy atom. The topological polar surface area (TPSA) is 44.4 Å². The third-order valence-electron chi connectivity index (χ3n) is 4.81. The first kappa shape index (κ1) is 14.8. The summed E-state index contributed by atoms with van der Waals surface area (Å²) >= 11 is 1.53. The molecule has 3 atom stereocenters. The Morgan fingerprint density at radius 3 is 2.91 bits per heavy atom. The van der Waals surface area contributed by atoms with Crippen molar-refractivity contribution >= 4 is 17.2 Å². The van der Waals surface area contributed by atoms with Crippen LogP contribution in [0.3, 0.4) is 0 Å². The average molecular weight is 331 g/mol. The molecule has 0 aliphatic carbocycles. The lowest BCUT2D eigenvalue weighted by atomic mass is 9.84. The number of benzene rings is 1. The molecule has 0 saturated carbocycles. The van der Waals surface area contributed by atoms with Crippen LogP contribution in [0.1, 0.15) is 28.4 Å². The number of piperidine rings is 1. The van der Waals surface area contributed by atoms with Crippen LogP contribution in [0.25, 0.3) is 0 Å². The molecule has 23 heavy (non-hydrogen) atoms. The van der Waals surface area contributed by atoms with Crippen molar-refractivity contribution in [3.8, 4) is 0 Å². The number of likely N-dealkylation sites (tertiary alicyclic amines) is 1. The van der Waals surface area contributed by atoms with E-state index in [-0.39, 0.29) is 29.7 Å². The maximum Gasteiger partial charge on any atom is 0.254 e. The van der Waals surface area contributed by atoms with Gasteiger partial charge in [0.15, 0.2) is 0 Å². The van der Waals surface area contributed by atoms with Gasteiger partial charge in [-0.3, -0.25) is 10.2 Å². The van der Waals surface area contributed by atoms with Gasteiger partial charge in [-0.25, -0.2) is 9.82 Å². The van der Waals surface area contributed by atoms with E-state index in [0.29, 0.717) is 12.1 Å². The van der Waals surface area contributed by atoms with Gasteiger partial charge in [-0.15, -0.1) is 0 Å². The lowest BCUT2D eigenvalue weighted by molar-refractivity contribution is 0.0652. The number of hydrogen-bond acceptors (Lipinski definition) is 4. The molecule has 0 radical (unpaired) electrons. The van der Waals surface area contributed by atoms with E-state index in [0.717, 1.165) is 18.5 Å². The third kappa shape index (κ3) is 2.67. The minimum Gasteiger partial charge on any atom is -0.338 e. The second kappa shape index (κ2) is 6.03. The van der Waals surface area contributed by atoms with E-state index in [1.807, 2.05) is 33.9 Å². The molecule has 2 aliphatic heterocycles. The van der Waals surface area contributed by atoms with E-state index in [4.69, 9.17) is 0 Å². The highest BCUT2D eigenvalue weighted by Gasteiger charge is 2.42. The molecule has 0 spiro atoms. The van der Waals surface area contributed by atoms with E-state index in [2.05, 4.69) is 10.9 Å². The van der Waals surface area contributed by atoms with E-state index < -0.39 is 0 Å². The van der Waals surface area contributed by atoms with E-state index in [9.17, 15) is 9.18 Å². The van der Waals surface area contributed by atoms with E-state index in [1.165, 1.54) is 17.4 Å². The summed E-state index contributed by atoms with van der Waals surface area (Å²) in [5.74, 6) is 0.0425. The number of amides is 1. The predicted octanol–water partition coefficient (Wildman–Crippen LogP) is 2.57. The molecule has 3 heterocycles. The van der Waals surface area contributed by atoms with Crippen molar-refractivity contribution in [3.63, 3.8) is 0 Å². The SMILES string of the molecule is O=C(c1ccsc1)N1CCC2NNC(c3ccccc3F)C2C1. The third-order valence-corrected chi connectivity index (χ3v) is 5.49. The molecule has 2 fully saturated rings. The van der Waals surface area contributed by atoms with Crippen LogP contribution in [-0.4, -0.2) is 29.9 Å². The summed E-state index contributed by atoms with van der Waals surface area (Å²) in [7, 11) is 0. The highest BCUT2D eigenvalue weighted by molar-refractivity contribution is 7.08.